The summed E-state index contributed by atoms with van der Waals surface area (Å²) >= 11 is -2.00. The van der Waals surface area contributed by atoms with Crippen LogP contribution in [0.2, 0.25) is 17.7 Å². The molecule has 0 aliphatic rings. The number of unbranched alkanes of at least 4 members (excludes halogenated alkanes) is 4. The molecule has 0 nitrogen and oxygen atoms in total. The zero-order valence-electron chi connectivity index (χ0n) is 19.0. The summed E-state index contributed by atoms with van der Waals surface area (Å²) < 4.78 is 6.87. The summed E-state index contributed by atoms with van der Waals surface area (Å²) in [4.78, 5) is 0. The van der Waals surface area contributed by atoms with E-state index >= 15 is 0 Å². The van der Waals surface area contributed by atoms with Gasteiger partial charge in [0.2, 0.25) is 0 Å². The predicted octanol–water partition coefficient (Wildman–Crippen LogP) is 9.47. The summed E-state index contributed by atoms with van der Waals surface area (Å²) in [6.07, 6.45) is 17.6. The standard InChI is InChI=1S/2C8H17.2C4H9.Sn/c2*1-4-6-7-8(3)5-2;2*1-3-4-2;/h2*8H,3-7H2,1-2H3;2*1,3-4H2,2H3;. The van der Waals surface area contributed by atoms with Crippen LogP contribution in [0.3, 0.4) is 0 Å². The molecule has 0 fully saturated rings. The minimum atomic E-state index is -2.00. The van der Waals surface area contributed by atoms with E-state index in [1.807, 2.05) is 0 Å². The zero-order chi connectivity index (χ0) is 19.0. The third-order valence-corrected chi connectivity index (χ3v) is 23.0. The number of hydrogen-bond acceptors (Lipinski definition) is 0. The Labute approximate surface area is 166 Å². The molecule has 2 atom stereocenters. The molecule has 0 bridgehead atoms. The van der Waals surface area contributed by atoms with Crippen LogP contribution < -0.4 is 0 Å². The molecular weight excluding hydrogens is 407 g/mol. The normalized spacial score (nSPS) is 14.6. The van der Waals surface area contributed by atoms with Gasteiger partial charge in [-0.3, -0.25) is 0 Å². The molecule has 0 heterocycles. The fourth-order valence-electron chi connectivity index (χ4n) is 4.83. The van der Waals surface area contributed by atoms with Gasteiger partial charge in [0.25, 0.3) is 0 Å². The van der Waals surface area contributed by atoms with E-state index in [0.29, 0.717) is 0 Å². The molecule has 0 amide bonds. The Morgan fingerprint density at radius 2 is 0.880 bits per heavy atom. The fourth-order valence-corrected chi connectivity index (χ4v) is 24.5. The summed E-state index contributed by atoms with van der Waals surface area (Å²) in [5, 5.41) is 0. The summed E-state index contributed by atoms with van der Waals surface area (Å²) in [6, 6.07) is 0. The molecule has 25 heavy (non-hydrogen) atoms. The van der Waals surface area contributed by atoms with Crippen molar-refractivity contribution in [3.8, 4) is 0 Å². The van der Waals surface area contributed by atoms with Gasteiger partial charge in [0.1, 0.15) is 0 Å². The van der Waals surface area contributed by atoms with Gasteiger partial charge < -0.3 is 0 Å². The molecule has 0 saturated carbocycles. The van der Waals surface area contributed by atoms with Gasteiger partial charge in [-0.05, 0) is 0 Å². The van der Waals surface area contributed by atoms with Gasteiger partial charge in [0, 0.05) is 0 Å². The first-order valence-corrected chi connectivity index (χ1v) is 20.2. The maximum atomic E-state index is 2.48. The Bertz CT molecular complexity index is 245. The van der Waals surface area contributed by atoms with Gasteiger partial charge in [0.05, 0.1) is 0 Å². The quantitative estimate of drug-likeness (QED) is 0.179. The van der Waals surface area contributed by atoms with Crippen LogP contribution in [0.4, 0.5) is 0 Å². The Balaban J connectivity index is 5.21. The van der Waals surface area contributed by atoms with E-state index < -0.39 is 18.4 Å². The number of rotatable bonds is 18. The summed E-state index contributed by atoms with van der Waals surface area (Å²) in [6.45, 7) is 14.5. The Hall–Kier alpha value is 0.799. The van der Waals surface area contributed by atoms with Crippen LogP contribution in [-0.4, -0.2) is 18.4 Å². The molecule has 1 heteroatoms. The molecule has 0 rings (SSSR count). The molecular formula is C24H52Sn. The second-order valence-corrected chi connectivity index (χ2v) is 22.7. The van der Waals surface area contributed by atoms with Crippen molar-refractivity contribution in [1.29, 1.82) is 0 Å². The number of hydrogen-bond donors (Lipinski definition) is 0. The Morgan fingerprint density at radius 3 is 1.16 bits per heavy atom. The summed E-state index contributed by atoms with van der Waals surface area (Å²) in [5.74, 6) is 2.13. The predicted molar refractivity (Wildman–Crippen MR) is 121 cm³/mol. The molecule has 0 aliphatic carbocycles. The van der Waals surface area contributed by atoms with E-state index in [1.54, 1.807) is 17.7 Å². The van der Waals surface area contributed by atoms with E-state index in [-0.39, 0.29) is 0 Å². The first kappa shape index (κ1) is 25.8. The van der Waals surface area contributed by atoms with Crippen LogP contribution >= 0.6 is 0 Å². The van der Waals surface area contributed by atoms with E-state index in [4.69, 9.17) is 0 Å². The van der Waals surface area contributed by atoms with Gasteiger partial charge in [-0.15, -0.1) is 0 Å². The van der Waals surface area contributed by atoms with Crippen molar-refractivity contribution in [2.45, 2.75) is 136 Å². The summed E-state index contributed by atoms with van der Waals surface area (Å²) in [7, 11) is 0. The van der Waals surface area contributed by atoms with Gasteiger partial charge in [-0.1, -0.05) is 0 Å². The average Bonchev–Trinajstić information content (AvgIpc) is 2.64. The SMILES string of the molecule is CCCCC(CC)[CH2][Sn]([CH2]CCC)([CH2]CCC)[CH2]C(CC)CCCC. The molecule has 152 valence electrons. The molecule has 0 spiro atoms. The van der Waals surface area contributed by atoms with Crippen LogP contribution in [-0.2, 0) is 0 Å². The van der Waals surface area contributed by atoms with Crippen molar-refractivity contribution in [2.75, 3.05) is 0 Å². The van der Waals surface area contributed by atoms with Crippen molar-refractivity contribution in [1.82, 2.24) is 0 Å². The van der Waals surface area contributed by atoms with Crippen LogP contribution in [0.15, 0.2) is 0 Å². The molecule has 0 aromatic rings. The second-order valence-electron chi connectivity index (χ2n) is 8.95. The molecule has 0 aliphatic heterocycles. The third kappa shape index (κ3) is 12.0. The van der Waals surface area contributed by atoms with Crippen molar-refractivity contribution >= 4 is 18.4 Å². The van der Waals surface area contributed by atoms with E-state index in [0.717, 1.165) is 11.8 Å². The van der Waals surface area contributed by atoms with Crippen LogP contribution in [0.5, 0.6) is 0 Å². The van der Waals surface area contributed by atoms with Crippen molar-refractivity contribution < 1.29 is 0 Å². The molecule has 0 saturated heterocycles. The molecule has 0 aromatic carbocycles. The van der Waals surface area contributed by atoms with Crippen LogP contribution in [0.1, 0.15) is 119 Å². The van der Waals surface area contributed by atoms with E-state index in [9.17, 15) is 0 Å². The average molecular weight is 459 g/mol. The molecule has 0 N–H and O–H groups in total. The van der Waals surface area contributed by atoms with E-state index in [1.165, 1.54) is 77.0 Å². The Morgan fingerprint density at radius 1 is 0.520 bits per heavy atom. The zero-order valence-corrected chi connectivity index (χ0v) is 21.8. The first-order valence-electron chi connectivity index (χ1n) is 12.1. The van der Waals surface area contributed by atoms with Crippen molar-refractivity contribution in [2.24, 2.45) is 11.8 Å². The Kier molecular flexibility index (Phi) is 17.5. The molecule has 2 unspecified atom stereocenters. The van der Waals surface area contributed by atoms with Gasteiger partial charge >= 0.3 is 167 Å². The monoisotopic (exact) mass is 460 g/mol. The second kappa shape index (κ2) is 16.9. The molecule has 0 aromatic heterocycles. The van der Waals surface area contributed by atoms with Gasteiger partial charge in [0.15, 0.2) is 0 Å². The molecule has 0 radical (unpaired) electrons. The topological polar surface area (TPSA) is 0 Å². The van der Waals surface area contributed by atoms with Gasteiger partial charge in [-0.2, -0.15) is 0 Å². The van der Waals surface area contributed by atoms with Crippen LogP contribution in [0, 0.1) is 11.8 Å². The summed E-state index contributed by atoms with van der Waals surface area (Å²) in [5.41, 5.74) is 0. The fraction of sp³-hybridized carbons (Fsp3) is 1.00. The van der Waals surface area contributed by atoms with Crippen molar-refractivity contribution in [3.63, 3.8) is 0 Å². The van der Waals surface area contributed by atoms with Crippen LogP contribution in [0.25, 0.3) is 0 Å². The first-order chi connectivity index (χ1) is 12.1. The maximum absolute atomic E-state index is 2.48. The minimum absolute atomic E-state index is 1.06. The van der Waals surface area contributed by atoms with E-state index in [2.05, 4.69) is 41.5 Å². The van der Waals surface area contributed by atoms with Crippen molar-refractivity contribution in [3.05, 3.63) is 0 Å². The third-order valence-electron chi connectivity index (χ3n) is 6.65. The van der Waals surface area contributed by atoms with Gasteiger partial charge in [-0.25, -0.2) is 0 Å².